The Hall–Kier alpha value is 0.110. The second kappa shape index (κ2) is 4.21. The van der Waals surface area contributed by atoms with E-state index in [4.69, 9.17) is 11.6 Å². The molecule has 0 N–H and O–H groups in total. The summed E-state index contributed by atoms with van der Waals surface area (Å²) in [5, 5.41) is -0.860. The van der Waals surface area contributed by atoms with Crippen LogP contribution in [0.5, 0.6) is 0 Å². The molecule has 0 aliphatic carbocycles. The maximum Gasteiger partial charge on any atom is 0.397 e. The summed E-state index contributed by atoms with van der Waals surface area (Å²) < 4.78 is 20.0. The smallest absolute Gasteiger partial charge is 0.307 e. The monoisotopic (exact) mass is 200 g/mol. The first-order valence-electron chi connectivity index (χ1n) is 2.88. The van der Waals surface area contributed by atoms with Crippen molar-refractivity contribution < 1.29 is 18.4 Å². The first kappa shape index (κ1) is 11.1. The zero-order valence-corrected chi connectivity index (χ0v) is 8.19. The number of hydrogen-bond acceptors (Lipinski definition) is 4. The van der Waals surface area contributed by atoms with E-state index in [0.29, 0.717) is 0 Å². The summed E-state index contributed by atoms with van der Waals surface area (Å²) in [6, 6.07) is 0. The maximum absolute atomic E-state index is 11.2. The van der Waals surface area contributed by atoms with Crippen LogP contribution >= 0.6 is 19.2 Å². The van der Waals surface area contributed by atoms with Crippen molar-refractivity contribution in [3.05, 3.63) is 0 Å². The molecule has 0 saturated carbocycles. The molecular formula is C5H10ClO4P. The van der Waals surface area contributed by atoms with Gasteiger partial charge in [-0.3, -0.25) is 9.36 Å². The van der Waals surface area contributed by atoms with E-state index in [1.165, 1.54) is 6.92 Å². The molecule has 0 heterocycles. The van der Waals surface area contributed by atoms with Gasteiger partial charge in [-0.05, 0) is 6.92 Å². The quantitative estimate of drug-likeness (QED) is 0.511. The number of hydrogen-bond donors (Lipinski definition) is 0. The van der Waals surface area contributed by atoms with Gasteiger partial charge in [0.05, 0.1) is 0 Å². The summed E-state index contributed by atoms with van der Waals surface area (Å²) >= 11 is 5.39. The zero-order chi connectivity index (χ0) is 9.07. The van der Waals surface area contributed by atoms with Crippen molar-refractivity contribution in [3.8, 4) is 0 Å². The van der Waals surface area contributed by atoms with E-state index < -0.39 is 18.5 Å². The van der Waals surface area contributed by atoms with Gasteiger partial charge in [0.2, 0.25) is 0 Å². The van der Waals surface area contributed by atoms with E-state index in [1.54, 1.807) is 0 Å². The summed E-state index contributed by atoms with van der Waals surface area (Å²) in [4.78, 5) is 11.0. The van der Waals surface area contributed by atoms with Gasteiger partial charge < -0.3 is 9.05 Å². The van der Waals surface area contributed by atoms with Crippen LogP contribution in [0.4, 0.5) is 0 Å². The predicted molar refractivity (Wildman–Crippen MR) is 41.9 cm³/mol. The lowest BCUT2D eigenvalue weighted by Crippen LogP contribution is -2.12. The van der Waals surface area contributed by atoms with E-state index in [9.17, 15) is 9.36 Å². The van der Waals surface area contributed by atoms with Crippen LogP contribution in [0.25, 0.3) is 0 Å². The first-order valence-corrected chi connectivity index (χ1v) is 4.86. The number of rotatable bonds is 4. The lowest BCUT2D eigenvalue weighted by atomic mass is 10.5. The highest BCUT2D eigenvalue weighted by molar-refractivity contribution is 7.72. The van der Waals surface area contributed by atoms with E-state index in [0.717, 1.165) is 14.2 Å². The van der Waals surface area contributed by atoms with Gasteiger partial charge >= 0.3 is 7.60 Å². The van der Waals surface area contributed by atoms with Crippen LogP contribution in [-0.2, 0) is 18.4 Å². The standard InChI is InChI=1S/C5H10ClO4P/c1-4(6)5(7)11(8,9-2)10-3/h4H,1-3H3. The van der Waals surface area contributed by atoms with E-state index in [-0.39, 0.29) is 0 Å². The molecule has 0 aliphatic rings. The molecule has 0 aromatic carbocycles. The van der Waals surface area contributed by atoms with Crippen LogP contribution in [0.3, 0.4) is 0 Å². The Morgan fingerprint density at radius 3 is 1.91 bits per heavy atom. The van der Waals surface area contributed by atoms with Gasteiger partial charge in [-0.2, -0.15) is 0 Å². The molecule has 0 aliphatic heterocycles. The molecule has 0 fully saturated rings. The maximum atomic E-state index is 11.2. The predicted octanol–water partition coefficient (Wildman–Crippen LogP) is 1.63. The van der Waals surface area contributed by atoms with Crippen molar-refractivity contribution in [1.82, 2.24) is 0 Å². The molecule has 0 saturated heterocycles. The Morgan fingerprint density at radius 2 is 1.82 bits per heavy atom. The van der Waals surface area contributed by atoms with Crippen molar-refractivity contribution in [1.29, 1.82) is 0 Å². The third-order valence-electron chi connectivity index (χ3n) is 1.09. The number of carbonyl (C=O) groups excluding carboxylic acids is 1. The van der Waals surface area contributed by atoms with Gasteiger partial charge in [0.15, 0.2) is 0 Å². The van der Waals surface area contributed by atoms with Crippen LogP contribution < -0.4 is 0 Å². The van der Waals surface area contributed by atoms with Gasteiger partial charge in [-0.25, -0.2) is 0 Å². The molecular weight excluding hydrogens is 190 g/mol. The molecule has 0 aromatic rings. The summed E-state index contributed by atoms with van der Waals surface area (Å²) in [5.74, 6) is 0. The topological polar surface area (TPSA) is 52.6 Å². The van der Waals surface area contributed by atoms with Crippen LogP contribution in [-0.4, -0.2) is 25.1 Å². The Kier molecular flexibility index (Phi) is 4.26. The van der Waals surface area contributed by atoms with E-state index in [1.807, 2.05) is 0 Å². The first-order chi connectivity index (χ1) is 4.98. The van der Waals surface area contributed by atoms with Gasteiger partial charge in [0, 0.05) is 14.2 Å². The molecule has 0 bridgehead atoms. The third-order valence-corrected chi connectivity index (χ3v) is 3.33. The van der Waals surface area contributed by atoms with Gasteiger partial charge in [-0.15, -0.1) is 11.6 Å². The largest absolute Gasteiger partial charge is 0.397 e. The van der Waals surface area contributed by atoms with Crippen LogP contribution in [0.15, 0.2) is 0 Å². The molecule has 6 heteroatoms. The number of halogens is 1. The van der Waals surface area contributed by atoms with Crippen molar-refractivity contribution in [2.75, 3.05) is 14.2 Å². The Bertz CT molecular complexity index is 183. The van der Waals surface area contributed by atoms with Gasteiger partial charge in [0.1, 0.15) is 5.38 Å². The summed E-state index contributed by atoms with van der Waals surface area (Å²) in [6.45, 7) is 1.41. The minimum atomic E-state index is -3.60. The van der Waals surface area contributed by atoms with Gasteiger partial charge in [-0.1, -0.05) is 0 Å². The third kappa shape index (κ3) is 2.56. The molecule has 66 valence electrons. The molecule has 1 unspecified atom stereocenters. The number of carbonyl (C=O) groups is 1. The lowest BCUT2D eigenvalue weighted by molar-refractivity contribution is -0.113. The molecule has 0 amide bonds. The van der Waals surface area contributed by atoms with Crippen molar-refractivity contribution in [2.45, 2.75) is 12.3 Å². The Morgan fingerprint density at radius 1 is 1.45 bits per heavy atom. The molecule has 0 rings (SSSR count). The normalized spacial score (nSPS) is 14.5. The molecule has 1 atom stereocenters. The minimum absolute atomic E-state index is 0.718. The van der Waals surface area contributed by atoms with Crippen molar-refractivity contribution in [2.24, 2.45) is 0 Å². The summed E-state index contributed by atoms with van der Waals surface area (Å²) in [7, 11) is -1.32. The molecule has 11 heavy (non-hydrogen) atoms. The zero-order valence-electron chi connectivity index (χ0n) is 6.54. The van der Waals surface area contributed by atoms with Crippen molar-refractivity contribution >= 4 is 24.7 Å². The lowest BCUT2D eigenvalue weighted by Gasteiger charge is -2.12. The fourth-order valence-electron chi connectivity index (χ4n) is 0.472. The highest BCUT2D eigenvalue weighted by Crippen LogP contribution is 2.48. The molecule has 4 nitrogen and oxygen atoms in total. The summed E-state index contributed by atoms with van der Waals surface area (Å²) in [5.41, 5.74) is -0.718. The second-order valence-electron chi connectivity index (χ2n) is 1.82. The highest BCUT2D eigenvalue weighted by Gasteiger charge is 2.35. The molecule has 0 aromatic heterocycles. The average Bonchev–Trinajstić information content (AvgIpc) is 2.01. The Balaban J connectivity index is 4.52. The van der Waals surface area contributed by atoms with E-state index in [2.05, 4.69) is 9.05 Å². The van der Waals surface area contributed by atoms with Crippen LogP contribution in [0.2, 0.25) is 0 Å². The minimum Gasteiger partial charge on any atom is -0.307 e. The SMILES string of the molecule is COP(=O)(OC)C(=O)C(C)Cl. The highest BCUT2D eigenvalue weighted by atomic mass is 35.5. The Labute approximate surface area is 70.4 Å². The van der Waals surface area contributed by atoms with Gasteiger partial charge in [0.25, 0.3) is 5.52 Å². The summed E-state index contributed by atoms with van der Waals surface area (Å²) in [6.07, 6.45) is 0. The fraction of sp³-hybridized carbons (Fsp3) is 0.800. The second-order valence-corrected chi connectivity index (χ2v) is 4.64. The van der Waals surface area contributed by atoms with Crippen molar-refractivity contribution in [3.63, 3.8) is 0 Å². The number of alkyl halides is 1. The van der Waals surface area contributed by atoms with E-state index >= 15 is 0 Å². The molecule has 0 spiro atoms. The fourth-order valence-corrected chi connectivity index (χ4v) is 1.78. The average molecular weight is 201 g/mol. The molecule has 0 radical (unpaired) electrons. The van der Waals surface area contributed by atoms with Crippen LogP contribution in [0.1, 0.15) is 6.92 Å². The van der Waals surface area contributed by atoms with Crippen LogP contribution in [0, 0.1) is 0 Å².